The lowest BCUT2D eigenvalue weighted by atomic mass is 9.98. The van der Waals surface area contributed by atoms with Gasteiger partial charge in [-0.15, -0.1) is 0 Å². The van der Waals surface area contributed by atoms with E-state index in [0.29, 0.717) is 0 Å². The second kappa shape index (κ2) is 5.27. The van der Waals surface area contributed by atoms with Gasteiger partial charge >= 0.3 is 0 Å². The molecule has 0 nitrogen and oxygen atoms in total. The van der Waals surface area contributed by atoms with Crippen molar-refractivity contribution < 1.29 is 0 Å². The zero-order valence-electron chi connectivity index (χ0n) is 10.6. The highest BCUT2D eigenvalue weighted by atomic mass is 14.3. The largest absolute Gasteiger partial charge is 0.0979 e. The molecule has 18 heavy (non-hydrogen) atoms. The Kier molecular flexibility index (Phi) is 3.33. The fraction of sp³-hybridized carbons (Fsp3) is 0.333. The zero-order valence-corrected chi connectivity index (χ0v) is 10.6. The Balaban J connectivity index is 1.44. The molecule has 0 amide bonds. The molecule has 0 heteroatoms. The Hall–Kier alpha value is -1.74. The summed E-state index contributed by atoms with van der Waals surface area (Å²) < 4.78 is 0. The van der Waals surface area contributed by atoms with E-state index in [4.69, 9.17) is 0 Å². The molecule has 0 N–H and O–H groups in total. The maximum atomic E-state index is 3.27. The smallest absolute Gasteiger partial charge is 0.0245 e. The molecule has 1 aromatic rings. The molecule has 90 valence electrons. The first-order chi connectivity index (χ1) is 8.92. The third-order valence-electron chi connectivity index (χ3n) is 3.79. The van der Waals surface area contributed by atoms with E-state index in [1.807, 2.05) is 18.2 Å². The first-order valence-electron chi connectivity index (χ1n) is 6.84. The minimum absolute atomic E-state index is 0.750. The maximum absolute atomic E-state index is 3.27. The lowest BCUT2D eigenvalue weighted by Gasteiger charge is -2.08. The van der Waals surface area contributed by atoms with E-state index in [0.717, 1.165) is 23.8 Å². The van der Waals surface area contributed by atoms with E-state index >= 15 is 0 Å². The van der Waals surface area contributed by atoms with E-state index in [-0.39, 0.29) is 0 Å². The van der Waals surface area contributed by atoms with E-state index in [2.05, 4.69) is 42.2 Å². The van der Waals surface area contributed by atoms with Crippen LogP contribution in [0.1, 0.15) is 31.2 Å². The van der Waals surface area contributed by atoms with Crippen LogP contribution < -0.4 is 0 Å². The first-order valence-corrected chi connectivity index (χ1v) is 6.84. The Labute approximate surface area is 109 Å². The Morgan fingerprint density at radius 3 is 2.72 bits per heavy atom. The number of allylic oxidation sites excluding steroid dienone is 4. The van der Waals surface area contributed by atoms with Crippen molar-refractivity contribution in [1.82, 2.24) is 0 Å². The summed E-state index contributed by atoms with van der Waals surface area (Å²) in [5.74, 6) is 8.01. The number of hydrogen-bond acceptors (Lipinski definition) is 0. The normalized spacial score (nSPS) is 23.7. The van der Waals surface area contributed by atoms with Crippen LogP contribution in [0.15, 0.2) is 54.1 Å². The molecule has 2 aliphatic carbocycles. The molecule has 0 aromatic heterocycles. The number of unbranched alkanes of at least 4 members (excludes halogenated alkanes) is 1. The standard InChI is InChI=1S/C18H18/c1-3-7-15(8-4-1)9-5-2-6-10-17-13-16-11-12-18(17)14-16/h1,3-4,7-8,11-13,16,18H,2,6,10,14H2. The Bertz CT molecular complexity index is 522. The van der Waals surface area contributed by atoms with Crippen molar-refractivity contribution in [3.05, 3.63) is 59.7 Å². The number of benzene rings is 1. The van der Waals surface area contributed by atoms with Crippen molar-refractivity contribution in [3.63, 3.8) is 0 Å². The highest BCUT2D eigenvalue weighted by molar-refractivity contribution is 5.33. The van der Waals surface area contributed by atoms with Crippen LogP contribution >= 0.6 is 0 Å². The topological polar surface area (TPSA) is 0 Å². The van der Waals surface area contributed by atoms with Gasteiger partial charge < -0.3 is 0 Å². The molecule has 0 saturated carbocycles. The molecular weight excluding hydrogens is 216 g/mol. The Morgan fingerprint density at radius 2 is 2.00 bits per heavy atom. The van der Waals surface area contributed by atoms with Crippen LogP contribution in [0, 0.1) is 23.7 Å². The summed E-state index contributed by atoms with van der Waals surface area (Å²) in [6.45, 7) is 0. The quantitative estimate of drug-likeness (QED) is 0.414. The monoisotopic (exact) mass is 234 g/mol. The molecule has 2 unspecified atom stereocenters. The van der Waals surface area contributed by atoms with Crippen molar-refractivity contribution in [2.75, 3.05) is 0 Å². The average molecular weight is 234 g/mol. The van der Waals surface area contributed by atoms with Crippen molar-refractivity contribution in [3.8, 4) is 11.8 Å². The number of rotatable bonds is 3. The lowest BCUT2D eigenvalue weighted by molar-refractivity contribution is 0.681. The molecular formula is C18H18. The second-order valence-corrected chi connectivity index (χ2v) is 5.15. The second-order valence-electron chi connectivity index (χ2n) is 5.15. The van der Waals surface area contributed by atoms with Crippen LogP contribution in [-0.4, -0.2) is 0 Å². The summed E-state index contributed by atoms with van der Waals surface area (Å²) >= 11 is 0. The summed E-state index contributed by atoms with van der Waals surface area (Å²) in [7, 11) is 0. The number of fused-ring (bicyclic) bond motifs is 2. The third kappa shape index (κ3) is 2.57. The van der Waals surface area contributed by atoms with Crippen molar-refractivity contribution >= 4 is 0 Å². The van der Waals surface area contributed by atoms with Crippen LogP contribution in [-0.2, 0) is 0 Å². The third-order valence-corrected chi connectivity index (χ3v) is 3.79. The highest BCUT2D eigenvalue weighted by Gasteiger charge is 2.26. The van der Waals surface area contributed by atoms with Crippen molar-refractivity contribution in [2.24, 2.45) is 11.8 Å². The van der Waals surface area contributed by atoms with Crippen LogP contribution in [0.2, 0.25) is 0 Å². The van der Waals surface area contributed by atoms with Crippen LogP contribution in [0.4, 0.5) is 0 Å². The van der Waals surface area contributed by atoms with Gasteiger partial charge in [0.05, 0.1) is 0 Å². The van der Waals surface area contributed by atoms with Crippen molar-refractivity contribution in [2.45, 2.75) is 25.7 Å². The predicted octanol–water partition coefficient (Wildman–Crippen LogP) is 4.34. The summed E-state index contributed by atoms with van der Waals surface area (Å²) in [4.78, 5) is 0. The highest BCUT2D eigenvalue weighted by Crippen LogP contribution is 2.40. The molecule has 0 fully saturated rings. The van der Waals surface area contributed by atoms with Gasteiger partial charge in [-0.3, -0.25) is 0 Å². The Morgan fingerprint density at radius 1 is 1.11 bits per heavy atom. The van der Waals surface area contributed by atoms with Gasteiger partial charge in [0.15, 0.2) is 0 Å². The summed E-state index contributed by atoms with van der Waals surface area (Å²) in [6, 6.07) is 10.2. The average Bonchev–Trinajstić information content (AvgIpc) is 3.02. The van der Waals surface area contributed by atoms with Gasteiger partial charge in [0, 0.05) is 12.0 Å². The molecule has 1 aromatic carbocycles. The van der Waals surface area contributed by atoms with E-state index in [9.17, 15) is 0 Å². The lowest BCUT2D eigenvalue weighted by Crippen LogP contribution is -1.93. The van der Waals surface area contributed by atoms with E-state index in [1.54, 1.807) is 5.57 Å². The van der Waals surface area contributed by atoms with Gasteiger partial charge in [0.25, 0.3) is 0 Å². The molecule has 0 radical (unpaired) electrons. The molecule has 0 heterocycles. The van der Waals surface area contributed by atoms with Gasteiger partial charge in [0.2, 0.25) is 0 Å². The maximum Gasteiger partial charge on any atom is 0.0245 e. The van der Waals surface area contributed by atoms with E-state index < -0.39 is 0 Å². The van der Waals surface area contributed by atoms with Crippen LogP contribution in [0.25, 0.3) is 0 Å². The molecule has 0 aliphatic heterocycles. The molecule has 0 saturated heterocycles. The van der Waals surface area contributed by atoms with Gasteiger partial charge in [-0.2, -0.15) is 0 Å². The minimum Gasteiger partial charge on any atom is -0.0979 e. The predicted molar refractivity (Wildman–Crippen MR) is 76.0 cm³/mol. The van der Waals surface area contributed by atoms with Gasteiger partial charge in [-0.1, -0.05) is 53.8 Å². The van der Waals surface area contributed by atoms with Gasteiger partial charge in [0.1, 0.15) is 0 Å². The summed E-state index contributed by atoms with van der Waals surface area (Å²) in [6.07, 6.45) is 12.0. The van der Waals surface area contributed by atoms with Crippen LogP contribution in [0.3, 0.4) is 0 Å². The number of hydrogen-bond donors (Lipinski definition) is 0. The summed E-state index contributed by atoms with van der Waals surface area (Å²) in [5.41, 5.74) is 2.78. The molecule has 3 rings (SSSR count). The summed E-state index contributed by atoms with van der Waals surface area (Å²) in [5, 5.41) is 0. The molecule has 2 atom stereocenters. The van der Waals surface area contributed by atoms with Gasteiger partial charge in [-0.25, -0.2) is 0 Å². The van der Waals surface area contributed by atoms with Gasteiger partial charge in [-0.05, 0) is 43.2 Å². The molecule has 0 spiro atoms. The molecule has 2 aliphatic rings. The van der Waals surface area contributed by atoms with Crippen LogP contribution in [0.5, 0.6) is 0 Å². The fourth-order valence-corrected chi connectivity index (χ4v) is 2.86. The molecule has 2 bridgehead atoms. The van der Waals surface area contributed by atoms with E-state index in [1.165, 1.54) is 19.3 Å². The SMILES string of the molecule is C(#Cc1ccccc1)CCCC1=CC2C=CC1C2. The zero-order chi connectivity index (χ0) is 12.2. The minimum atomic E-state index is 0.750. The first kappa shape index (κ1) is 11.4. The fourth-order valence-electron chi connectivity index (χ4n) is 2.86. The van der Waals surface area contributed by atoms with Crippen molar-refractivity contribution in [1.29, 1.82) is 0 Å².